The van der Waals surface area contributed by atoms with Crippen LogP contribution < -0.4 is 10.6 Å². The van der Waals surface area contributed by atoms with Gasteiger partial charge in [-0.2, -0.15) is 0 Å². The lowest BCUT2D eigenvalue weighted by Crippen LogP contribution is -2.18. The molecule has 0 aliphatic rings. The first kappa shape index (κ1) is 14.2. The molecule has 0 bridgehead atoms. The van der Waals surface area contributed by atoms with Gasteiger partial charge in [-0.05, 0) is 46.3 Å². The molecule has 0 radical (unpaired) electrons. The highest BCUT2D eigenvalue weighted by atomic mass is 79.9. The SMILES string of the molecule is CNC(=O)c1cccc(NC(=O)c2ccc(Br)cn2)c1. The van der Waals surface area contributed by atoms with E-state index in [1.807, 2.05) is 0 Å². The summed E-state index contributed by atoms with van der Waals surface area (Å²) in [6.45, 7) is 0. The van der Waals surface area contributed by atoms with Crippen molar-refractivity contribution in [1.29, 1.82) is 0 Å². The van der Waals surface area contributed by atoms with Gasteiger partial charge in [-0.3, -0.25) is 9.59 Å². The predicted molar refractivity (Wildman–Crippen MR) is 79.7 cm³/mol. The van der Waals surface area contributed by atoms with E-state index in [9.17, 15) is 9.59 Å². The molecule has 2 rings (SSSR count). The van der Waals surface area contributed by atoms with E-state index in [0.29, 0.717) is 16.9 Å². The van der Waals surface area contributed by atoms with Crippen LogP contribution >= 0.6 is 15.9 Å². The van der Waals surface area contributed by atoms with Gasteiger partial charge in [-0.15, -0.1) is 0 Å². The molecule has 2 amide bonds. The number of halogens is 1. The molecular weight excluding hydrogens is 322 g/mol. The van der Waals surface area contributed by atoms with Crippen LogP contribution in [0.4, 0.5) is 5.69 Å². The topological polar surface area (TPSA) is 71.1 Å². The number of pyridine rings is 1. The lowest BCUT2D eigenvalue weighted by Gasteiger charge is -2.06. The normalized spacial score (nSPS) is 9.90. The van der Waals surface area contributed by atoms with Crippen LogP contribution in [-0.2, 0) is 0 Å². The fraction of sp³-hybridized carbons (Fsp3) is 0.0714. The Morgan fingerprint density at radius 2 is 1.95 bits per heavy atom. The molecule has 0 unspecified atom stereocenters. The van der Waals surface area contributed by atoms with E-state index < -0.39 is 0 Å². The highest BCUT2D eigenvalue weighted by molar-refractivity contribution is 9.10. The number of aromatic nitrogens is 1. The van der Waals surface area contributed by atoms with Crippen molar-refractivity contribution in [3.8, 4) is 0 Å². The summed E-state index contributed by atoms with van der Waals surface area (Å²) in [5, 5.41) is 5.23. The minimum Gasteiger partial charge on any atom is -0.355 e. The average Bonchev–Trinajstić information content (AvgIpc) is 2.47. The molecule has 1 aromatic heterocycles. The molecule has 6 heteroatoms. The third kappa shape index (κ3) is 3.42. The van der Waals surface area contributed by atoms with E-state index in [2.05, 4.69) is 31.5 Å². The number of nitrogens with zero attached hydrogens (tertiary/aromatic N) is 1. The molecule has 1 heterocycles. The maximum absolute atomic E-state index is 12.0. The largest absolute Gasteiger partial charge is 0.355 e. The number of amides is 2. The fourth-order valence-corrected chi connectivity index (χ4v) is 1.82. The van der Waals surface area contributed by atoms with E-state index in [1.54, 1.807) is 49.6 Å². The van der Waals surface area contributed by atoms with Gasteiger partial charge < -0.3 is 10.6 Å². The number of hydrogen-bond acceptors (Lipinski definition) is 3. The number of benzene rings is 1. The molecule has 0 saturated heterocycles. The number of rotatable bonds is 3. The summed E-state index contributed by atoms with van der Waals surface area (Å²) in [5.74, 6) is -0.533. The Morgan fingerprint density at radius 3 is 2.60 bits per heavy atom. The monoisotopic (exact) mass is 333 g/mol. The second-order valence-electron chi connectivity index (χ2n) is 3.98. The van der Waals surface area contributed by atoms with Crippen LogP contribution in [0.25, 0.3) is 0 Å². The Labute approximate surface area is 124 Å². The standard InChI is InChI=1S/C14H12BrN3O2/c1-16-13(19)9-3-2-4-11(7-9)18-14(20)12-6-5-10(15)8-17-12/h2-8H,1H3,(H,16,19)(H,18,20). The summed E-state index contributed by atoms with van der Waals surface area (Å²) in [4.78, 5) is 27.5. The Morgan fingerprint density at radius 1 is 1.15 bits per heavy atom. The summed E-state index contributed by atoms with van der Waals surface area (Å²) < 4.78 is 0.802. The van der Waals surface area contributed by atoms with Gasteiger partial charge in [0.15, 0.2) is 0 Å². The third-order valence-corrected chi connectivity index (χ3v) is 3.04. The lowest BCUT2D eigenvalue weighted by molar-refractivity contribution is 0.0961. The van der Waals surface area contributed by atoms with Gasteiger partial charge in [0.1, 0.15) is 5.69 Å². The zero-order valence-electron chi connectivity index (χ0n) is 10.7. The summed E-state index contributed by atoms with van der Waals surface area (Å²) in [5.41, 5.74) is 1.33. The highest BCUT2D eigenvalue weighted by Crippen LogP contribution is 2.13. The van der Waals surface area contributed by atoms with Gasteiger partial charge in [-0.1, -0.05) is 6.07 Å². The van der Waals surface area contributed by atoms with Gasteiger partial charge in [0.25, 0.3) is 11.8 Å². The van der Waals surface area contributed by atoms with Crippen LogP contribution in [0.2, 0.25) is 0 Å². The fourth-order valence-electron chi connectivity index (χ4n) is 1.59. The van der Waals surface area contributed by atoms with Crippen molar-refractivity contribution >= 4 is 33.4 Å². The number of carbonyl (C=O) groups excluding carboxylic acids is 2. The van der Waals surface area contributed by atoms with Crippen molar-refractivity contribution in [2.24, 2.45) is 0 Å². The lowest BCUT2D eigenvalue weighted by atomic mass is 10.2. The van der Waals surface area contributed by atoms with E-state index in [4.69, 9.17) is 0 Å². The Bertz CT molecular complexity index is 641. The smallest absolute Gasteiger partial charge is 0.274 e. The molecule has 0 aliphatic carbocycles. The molecule has 0 atom stereocenters. The van der Waals surface area contributed by atoms with Crippen molar-refractivity contribution in [2.45, 2.75) is 0 Å². The van der Waals surface area contributed by atoms with Crippen LogP contribution in [0.5, 0.6) is 0 Å². The van der Waals surface area contributed by atoms with Gasteiger partial charge in [0.2, 0.25) is 0 Å². The van der Waals surface area contributed by atoms with Crippen molar-refractivity contribution in [1.82, 2.24) is 10.3 Å². The van der Waals surface area contributed by atoms with Crippen molar-refractivity contribution in [2.75, 3.05) is 12.4 Å². The van der Waals surface area contributed by atoms with Gasteiger partial charge in [-0.25, -0.2) is 4.98 Å². The van der Waals surface area contributed by atoms with E-state index >= 15 is 0 Å². The second kappa shape index (κ2) is 6.29. The first-order valence-corrected chi connectivity index (χ1v) is 6.64. The van der Waals surface area contributed by atoms with Crippen LogP contribution in [0.15, 0.2) is 47.1 Å². The van der Waals surface area contributed by atoms with Gasteiger partial charge >= 0.3 is 0 Å². The summed E-state index contributed by atoms with van der Waals surface area (Å²) in [7, 11) is 1.55. The molecule has 0 saturated carbocycles. The third-order valence-electron chi connectivity index (χ3n) is 2.57. The first-order valence-electron chi connectivity index (χ1n) is 5.85. The van der Waals surface area contributed by atoms with Crippen molar-refractivity contribution in [3.63, 3.8) is 0 Å². The van der Waals surface area contributed by atoms with Crippen LogP contribution in [0.3, 0.4) is 0 Å². The number of nitrogens with one attached hydrogen (secondary N) is 2. The molecule has 102 valence electrons. The van der Waals surface area contributed by atoms with Crippen LogP contribution in [0.1, 0.15) is 20.8 Å². The zero-order valence-corrected chi connectivity index (χ0v) is 12.3. The Balaban J connectivity index is 2.15. The molecular formula is C14H12BrN3O2. The quantitative estimate of drug-likeness (QED) is 0.906. The maximum atomic E-state index is 12.0. The minimum absolute atomic E-state index is 0.206. The molecule has 2 aromatic rings. The minimum atomic E-state index is -0.327. The molecule has 0 aliphatic heterocycles. The summed E-state index contributed by atoms with van der Waals surface area (Å²) in [6, 6.07) is 10.0. The number of hydrogen-bond donors (Lipinski definition) is 2. The van der Waals surface area contributed by atoms with Crippen LogP contribution in [-0.4, -0.2) is 23.8 Å². The zero-order chi connectivity index (χ0) is 14.5. The molecule has 0 spiro atoms. The first-order chi connectivity index (χ1) is 9.60. The van der Waals surface area contributed by atoms with Crippen molar-refractivity contribution in [3.05, 3.63) is 58.3 Å². The maximum Gasteiger partial charge on any atom is 0.274 e. The van der Waals surface area contributed by atoms with Gasteiger partial charge in [0, 0.05) is 29.0 Å². The predicted octanol–water partition coefficient (Wildman–Crippen LogP) is 2.46. The Hall–Kier alpha value is -2.21. The molecule has 2 N–H and O–H groups in total. The molecule has 20 heavy (non-hydrogen) atoms. The number of anilines is 1. The highest BCUT2D eigenvalue weighted by Gasteiger charge is 2.09. The molecule has 5 nitrogen and oxygen atoms in total. The van der Waals surface area contributed by atoms with E-state index in [1.165, 1.54) is 0 Å². The Kier molecular flexibility index (Phi) is 4.47. The van der Waals surface area contributed by atoms with Crippen molar-refractivity contribution < 1.29 is 9.59 Å². The second-order valence-corrected chi connectivity index (χ2v) is 4.89. The average molecular weight is 334 g/mol. The van der Waals surface area contributed by atoms with Gasteiger partial charge in [0.05, 0.1) is 0 Å². The number of carbonyl (C=O) groups is 2. The van der Waals surface area contributed by atoms with Crippen LogP contribution in [0, 0.1) is 0 Å². The summed E-state index contributed by atoms with van der Waals surface area (Å²) in [6.07, 6.45) is 1.55. The van der Waals surface area contributed by atoms with E-state index in [-0.39, 0.29) is 11.8 Å². The molecule has 0 fully saturated rings. The molecule has 1 aromatic carbocycles. The van der Waals surface area contributed by atoms with E-state index in [0.717, 1.165) is 4.47 Å². The summed E-state index contributed by atoms with van der Waals surface area (Å²) >= 11 is 3.26.